The average Bonchev–Trinajstić information content (AvgIpc) is 3.75. The van der Waals surface area contributed by atoms with E-state index >= 15 is 0 Å². The van der Waals surface area contributed by atoms with Crippen molar-refractivity contribution >= 4 is 28.0 Å². The molecule has 0 saturated heterocycles. The van der Waals surface area contributed by atoms with Gasteiger partial charge in [-0.1, -0.05) is 188 Å². The molecule has 2 nitrogen and oxygen atoms in total. The molecule has 10 aromatic rings. The van der Waals surface area contributed by atoms with Gasteiger partial charge in [-0.05, 0) is 104 Å². The number of para-hydroxylation sites is 1. The van der Waals surface area contributed by atoms with Crippen LogP contribution >= 0.6 is 0 Å². The number of furan rings is 1. The van der Waals surface area contributed by atoms with Crippen LogP contribution in [-0.4, -0.2) is 0 Å². The van der Waals surface area contributed by atoms with Crippen LogP contribution < -0.4 is 4.90 Å². The van der Waals surface area contributed by atoms with Crippen LogP contribution in [0.2, 0.25) is 0 Å². The molecule has 10 rings (SSSR count). The van der Waals surface area contributed by atoms with Gasteiger partial charge >= 0.3 is 0 Å². The van der Waals surface area contributed by atoms with Crippen LogP contribution in [0.15, 0.2) is 241 Å². The summed E-state index contributed by atoms with van der Waals surface area (Å²) in [6, 6.07) is 84.1. The van der Waals surface area contributed by atoms with E-state index in [4.69, 9.17) is 4.42 Å². The summed E-state index contributed by atoms with van der Waals surface area (Å²) in [5.41, 5.74) is 17.1. The van der Waals surface area contributed by atoms with Gasteiger partial charge in [0.05, 0.1) is 0 Å². The van der Waals surface area contributed by atoms with Crippen molar-refractivity contribution < 1.29 is 4.42 Å². The van der Waals surface area contributed by atoms with Crippen LogP contribution in [0, 0.1) is 0 Å². The van der Waals surface area contributed by atoms with Crippen molar-refractivity contribution in [2.45, 2.75) is 0 Å². The molecule has 2 heteroatoms. The standard InChI is InChI=1S/C56H39NO/c1-3-15-40(16-4-1)49-20-8-10-22-51(49)42-27-33-46(34-28-42)57(47-35-29-43(30-36-47)52-23-11-9-21-50(52)41-17-5-2-6-18-41)48-37-31-44(32-38-48)53-24-12-13-25-54(53)56-39-45-19-7-14-26-55(45)58-56/h1-39H. The first-order valence-electron chi connectivity index (χ1n) is 19.8. The number of anilines is 3. The van der Waals surface area contributed by atoms with E-state index < -0.39 is 0 Å². The molecule has 0 N–H and O–H groups in total. The molecule has 0 bridgehead atoms. The van der Waals surface area contributed by atoms with E-state index in [0.29, 0.717) is 0 Å². The minimum absolute atomic E-state index is 0.866. The summed E-state index contributed by atoms with van der Waals surface area (Å²) in [4.78, 5) is 2.34. The molecule has 0 aliphatic carbocycles. The smallest absolute Gasteiger partial charge is 0.136 e. The lowest BCUT2D eigenvalue weighted by Crippen LogP contribution is -2.09. The maximum absolute atomic E-state index is 6.33. The second kappa shape index (κ2) is 15.5. The summed E-state index contributed by atoms with van der Waals surface area (Å²) < 4.78 is 6.33. The van der Waals surface area contributed by atoms with Crippen molar-refractivity contribution in [3.8, 4) is 67.0 Å². The highest BCUT2D eigenvalue weighted by Gasteiger charge is 2.17. The molecule has 274 valence electrons. The van der Waals surface area contributed by atoms with E-state index in [0.717, 1.165) is 50.5 Å². The lowest BCUT2D eigenvalue weighted by atomic mass is 9.94. The summed E-state index contributed by atoms with van der Waals surface area (Å²) in [5, 5.41) is 1.10. The fourth-order valence-corrected chi connectivity index (χ4v) is 8.09. The van der Waals surface area contributed by atoms with Crippen LogP contribution in [0.3, 0.4) is 0 Å². The highest BCUT2D eigenvalue weighted by atomic mass is 16.3. The summed E-state index contributed by atoms with van der Waals surface area (Å²) in [6.45, 7) is 0. The zero-order valence-electron chi connectivity index (χ0n) is 31.9. The second-order valence-electron chi connectivity index (χ2n) is 14.5. The van der Waals surface area contributed by atoms with Gasteiger partial charge in [-0.2, -0.15) is 0 Å². The van der Waals surface area contributed by atoms with E-state index in [-0.39, 0.29) is 0 Å². The first-order chi connectivity index (χ1) is 28.8. The maximum Gasteiger partial charge on any atom is 0.136 e. The van der Waals surface area contributed by atoms with Gasteiger partial charge in [0, 0.05) is 28.0 Å². The first kappa shape index (κ1) is 34.8. The van der Waals surface area contributed by atoms with E-state index in [1.807, 2.05) is 18.2 Å². The van der Waals surface area contributed by atoms with Gasteiger partial charge in [0.1, 0.15) is 11.3 Å². The third-order valence-corrected chi connectivity index (χ3v) is 11.0. The molecule has 58 heavy (non-hydrogen) atoms. The summed E-state index contributed by atoms with van der Waals surface area (Å²) in [6.07, 6.45) is 0. The zero-order valence-corrected chi connectivity index (χ0v) is 31.9. The van der Waals surface area contributed by atoms with Crippen molar-refractivity contribution in [1.82, 2.24) is 0 Å². The second-order valence-corrected chi connectivity index (χ2v) is 14.5. The monoisotopic (exact) mass is 741 g/mol. The number of hydrogen-bond acceptors (Lipinski definition) is 2. The van der Waals surface area contributed by atoms with E-state index in [9.17, 15) is 0 Å². The van der Waals surface area contributed by atoms with Crippen molar-refractivity contribution in [3.05, 3.63) is 237 Å². The highest BCUT2D eigenvalue weighted by Crippen LogP contribution is 2.41. The molecule has 1 aromatic heterocycles. The Labute approximate surface area is 339 Å². The minimum atomic E-state index is 0.866. The number of fused-ring (bicyclic) bond motifs is 1. The number of rotatable bonds is 9. The average molecular weight is 742 g/mol. The Morgan fingerprint density at radius 1 is 0.259 bits per heavy atom. The first-order valence-corrected chi connectivity index (χ1v) is 19.8. The van der Waals surface area contributed by atoms with Crippen LogP contribution in [-0.2, 0) is 0 Å². The number of nitrogens with zero attached hydrogens (tertiary/aromatic N) is 1. The quantitative estimate of drug-likeness (QED) is 0.146. The Balaban J connectivity index is 1.04. The molecule has 0 saturated carbocycles. The molecule has 0 atom stereocenters. The van der Waals surface area contributed by atoms with Gasteiger partial charge in [0.25, 0.3) is 0 Å². The van der Waals surface area contributed by atoms with Crippen molar-refractivity contribution in [2.75, 3.05) is 4.90 Å². The topological polar surface area (TPSA) is 16.4 Å². The van der Waals surface area contributed by atoms with Gasteiger partial charge in [0.15, 0.2) is 0 Å². The fourth-order valence-electron chi connectivity index (χ4n) is 8.09. The third kappa shape index (κ3) is 6.78. The fraction of sp³-hybridized carbons (Fsp3) is 0. The molecule has 0 radical (unpaired) electrons. The van der Waals surface area contributed by atoms with E-state index in [1.54, 1.807) is 0 Å². The van der Waals surface area contributed by atoms with Gasteiger partial charge in [0.2, 0.25) is 0 Å². The highest BCUT2D eigenvalue weighted by molar-refractivity contribution is 5.90. The minimum Gasteiger partial charge on any atom is -0.456 e. The Bertz CT molecular complexity index is 2800. The van der Waals surface area contributed by atoms with E-state index in [1.165, 1.54) is 44.5 Å². The van der Waals surface area contributed by atoms with Gasteiger partial charge in [-0.15, -0.1) is 0 Å². The van der Waals surface area contributed by atoms with Crippen LogP contribution in [0.5, 0.6) is 0 Å². The van der Waals surface area contributed by atoms with Crippen molar-refractivity contribution in [1.29, 1.82) is 0 Å². The van der Waals surface area contributed by atoms with Gasteiger partial charge in [-0.3, -0.25) is 0 Å². The Morgan fingerprint density at radius 2 is 0.569 bits per heavy atom. The number of benzene rings is 9. The van der Waals surface area contributed by atoms with Crippen LogP contribution in [0.1, 0.15) is 0 Å². The molecular formula is C56H39NO. The largest absolute Gasteiger partial charge is 0.456 e. The summed E-state index contributed by atoms with van der Waals surface area (Å²) >= 11 is 0. The van der Waals surface area contributed by atoms with Crippen molar-refractivity contribution in [3.63, 3.8) is 0 Å². The van der Waals surface area contributed by atoms with Gasteiger partial charge in [-0.25, -0.2) is 0 Å². The molecule has 0 aliphatic rings. The predicted octanol–water partition coefficient (Wildman–Crippen LogP) is 15.9. The molecule has 1 heterocycles. The maximum atomic E-state index is 6.33. The Hall–Kier alpha value is -7.68. The molecule has 0 fully saturated rings. The van der Waals surface area contributed by atoms with Crippen LogP contribution in [0.4, 0.5) is 17.1 Å². The Morgan fingerprint density at radius 3 is 0.966 bits per heavy atom. The third-order valence-electron chi connectivity index (χ3n) is 11.0. The summed E-state index contributed by atoms with van der Waals surface area (Å²) in [7, 11) is 0. The zero-order chi connectivity index (χ0) is 38.7. The Kier molecular flexibility index (Phi) is 9.27. The van der Waals surface area contributed by atoms with Crippen molar-refractivity contribution in [2.24, 2.45) is 0 Å². The van der Waals surface area contributed by atoms with Crippen LogP contribution in [0.25, 0.3) is 77.9 Å². The van der Waals surface area contributed by atoms with Gasteiger partial charge < -0.3 is 9.32 Å². The normalized spacial score (nSPS) is 11.1. The molecule has 0 unspecified atom stereocenters. The molecular weight excluding hydrogens is 703 g/mol. The molecule has 0 spiro atoms. The lowest BCUT2D eigenvalue weighted by Gasteiger charge is -2.26. The predicted molar refractivity (Wildman–Crippen MR) is 244 cm³/mol. The number of hydrogen-bond donors (Lipinski definition) is 0. The SMILES string of the molecule is c1ccc(-c2ccccc2-c2ccc(N(c3ccc(-c4ccccc4-c4ccccc4)cc3)c3ccc(-c4ccccc4-c4cc5ccccc5o4)cc3)cc2)cc1. The molecule has 0 amide bonds. The molecule has 0 aliphatic heterocycles. The summed E-state index contributed by atoms with van der Waals surface area (Å²) in [5.74, 6) is 0.866. The lowest BCUT2D eigenvalue weighted by molar-refractivity contribution is 0.632. The van der Waals surface area contributed by atoms with E-state index in [2.05, 4.69) is 223 Å². The molecule has 9 aromatic carbocycles.